The van der Waals surface area contributed by atoms with E-state index in [9.17, 15) is 18.7 Å². The number of halogens is 3. The van der Waals surface area contributed by atoms with Crippen LogP contribution >= 0.6 is 12.4 Å². The number of hydrogen-bond donors (Lipinski definition) is 2. The summed E-state index contributed by atoms with van der Waals surface area (Å²) in [5, 5.41) is 9.29. The van der Waals surface area contributed by atoms with Gasteiger partial charge in [0.15, 0.2) is 11.6 Å². The van der Waals surface area contributed by atoms with E-state index in [-0.39, 0.29) is 18.8 Å². The van der Waals surface area contributed by atoms with Crippen LogP contribution in [0.25, 0.3) is 0 Å². The van der Waals surface area contributed by atoms with Crippen LogP contribution < -0.4 is 5.73 Å². The maximum atomic E-state index is 13.3. The Morgan fingerprint density at radius 2 is 2.00 bits per heavy atom. The molecule has 0 spiro atoms. The van der Waals surface area contributed by atoms with E-state index in [1.807, 2.05) is 0 Å². The summed E-state index contributed by atoms with van der Waals surface area (Å²) in [6.45, 7) is 0. The summed E-state index contributed by atoms with van der Waals surface area (Å²) in [6.07, 6.45) is -0.343. The fourth-order valence-electron chi connectivity index (χ4n) is 1.27. The topological polar surface area (TPSA) is 72.5 Å². The molecule has 0 bridgehead atoms. The molecule has 3 N–H and O–H groups in total. The first-order chi connectivity index (χ1) is 7.47. The number of rotatable bonds is 3. The van der Waals surface area contributed by atoms with Gasteiger partial charge < -0.3 is 15.6 Å². The highest BCUT2D eigenvalue weighted by Gasteiger charge is 2.21. The van der Waals surface area contributed by atoms with Gasteiger partial charge in [-0.3, -0.25) is 4.79 Å². The van der Waals surface area contributed by atoms with Crippen molar-refractivity contribution in [2.75, 3.05) is 7.11 Å². The fraction of sp³-hybridized carbons (Fsp3) is 0.300. The van der Waals surface area contributed by atoms with E-state index < -0.39 is 35.0 Å². The van der Waals surface area contributed by atoms with Gasteiger partial charge in [-0.25, -0.2) is 8.78 Å². The summed E-state index contributed by atoms with van der Waals surface area (Å²) in [5.74, 6) is -3.40. The smallest absolute Gasteiger partial charge is 0.307 e. The second kappa shape index (κ2) is 6.36. The highest BCUT2D eigenvalue weighted by atomic mass is 35.5. The molecule has 0 saturated heterocycles. The third kappa shape index (κ3) is 3.54. The first-order valence-corrected chi connectivity index (χ1v) is 4.46. The maximum Gasteiger partial charge on any atom is 0.307 e. The normalized spacial score (nSPS) is 11.5. The number of carbonyl (C=O) groups is 1. The molecule has 96 valence electrons. The van der Waals surface area contributed by atoms with Crippen LogP contribution in [0.4, 0.5) is 8.78 Å². The lowest BCUT2D eigenvalue weighted by Gasteiger charge is -2.13. The summed E-state index contributed by atoms with van der Waals surface area (Å²) in [6, 6.07) is 0.462. The van der Waals surface area contributed by atoms with Crippen molar-refractivity contribution < 1.29 is 23.4 Å². The molecule has 1 aromatic carbocycles. The van der Waals surface area contributed by atoms with Gasteiger partial charge in [0, 0.05) is 11.6 Å². The first-order valence-electron chi connectivity index (χ1n) is 4.46. The van der Waals surface area contributed by atoms with Crippen LogP contribution in [0, 0.1) is 11.6 Å². The quantitative estimate of drug-likeness (QED) is 0.817. The Labute approximate surface area is 103 Å². The number of phenolic OH excluding ortho intramolecular Hbond substituents is 1. The number of benzene rings is 1. The van der Waals surface area contributed by atoms with Crippen molar-refractivity contribution in [1.82, 2.24) is 0 Å². The van der Waals surface area contributed by atoms with E-state index >= 15 is 0 Å². The molecule has 0 aliphatic heterocycles. The lowest BCUT2D eigenvalue weighted by molar-refractivity contribution is -0.141. The molecule has 0 saturated carbocycles. The predicted octanol–water partition coefficient (Wildman–Crippen LogP) is 1.66. The van der Waals surface area contributed by atoms with E-state index in [0.29, 0.717) is 0 Å². The molecule has 0 aliphatic rings. The van der Waals surface area contributed by atoms with Gasteiger partial charge in [-0.15, -0.1) is 12.4 Å². The van der Waals surface area contributed by atoms with Gasteiger partial charge in [-0.05, 0) is 12.1 Å². The van der Waals surface area contributed by atoms with Crippen molar-refractivity contribution in [1.29, 1.82) is 0 Å². The largest absolute Gasteiger partial charge is 0.505 e. The molecule has 7 heteroatoms. The molecule has 17 heavy (non-hydrogen) atoms. The number of aromatic hydroxyl groups is 1. The Balaban J connectivity index is 0.00000256. The number of esters is 1. The lowest BCUT2D eigenvalue weighted by Crippen LogP contribution is -2.18. The van der Waals surface area contributed by atoms with Crippen LogP contribution in [0.5, 0.6) is 5.75 Å². The van der Waals surface area contributed by atoms with Crippen molar-refractivity contribution in [2.45, 2.75) is 12.5 Å². The van der Waals surface area contributed by atoms with Crippen LogP contribution in [-0.2, 0) is 9.53 Å². The van der Waals surface area contributed by atoms with Crippen molar-refractivity contribution in [3.05, 3.63) is 29.3 Å². The number of phenols is 1. The molecule has 1 atom stereocenters. The molecule has 0 amide bonds. The molecule has 4 nitrogen and oxygen atoms in total. The van der Waals surface area contributed by atoms with Crippen LogP contribution in [0.15, 0.2) is 12.1 Å². The Kier molecular flexibility index (Phi) is 5.84. The summed E-state index contributed by atoms with van der Waals surface area (Å²) >= 11 is 0. The molecule has 0 unspecified atom stereocenters. The van der Waals surface area contributed by atoms with Gasteiger partial charge in [0.05, 0.1) is 13.5 Å². The molecule has 0 aromatic heterocycles. The minimum absolute atomic E-state index is 0. The number of nitrogens with two attached hydrogens (primary N) is 1. The van der Waals surface area contributed by atoms with Crippen molar-refractivity contribution in [3.63, 3.8) is 0 Å². The number of ether oxygens (including phenoxy) is 1. The highest BCUT2D eigenvalue weighted by Crippen LogP contribution is 2.30. The molecule has 0 heterocycles. The number of hydrogen-bond acceptors (Lipinski definition) is 4. The van der Waals surface area contributed by atoms with Gasteiger partial charge in [-0.1, -0.05) is 0 Å². The Bertz CT molecular complexity index is 415. The molecular weight excluding hydrogens is 256 g/mol. The first kappa shape index (κ1) is 15.6. The molecule has 0 aliphatic carbocycles. The van der Waals surface area contributed by atoms with Crippen molar-refractivity contribution in [3.8, 4) is 5.75 Å². The summed E-state index contributed by atoms with van der Waals surface area (Å²) in [7, 11) is 1.15. The average Bonchev–Trinajstić information content (AvgIpc) is 2.24. The summed E-state index contributed by atoms with van der Waals surface area (Å²) in [4.78, 5) is 10.9. The Morgan fingerprint density at radius 3 is 2.53 bits per heavy atom. The van der Waals surface area contributed by atoms with Gasteiger partial charge in [0.25, 0.3) is 0 Å². The van der Waals surface area contributed by atoms with Crippen LogP contribution in [0.3, 0.4) is 0 Å². The van der Waals surface area contributed by atoms with Gasteiger partial charge in [0.2, 0.25) is 0 Å². The Hall–Kier alpha value is -1.40. The van der Waals surface area contributed by atoms with E-state index in [1.54, 1.807) is 0 Å². The zero-order valence-corrected chi connectivity index (χ0v) is 9.76. The summed E-state index contributed by atoms with van der Waals surface area (Å²) in [5.41, 5.74) is 5.05. The van der Waals surface area contributed by atoms with E-state index in [1.165, 1.54) is 0 Å². The van der Waals surface area contributed by atoms with Gasteiger partial charge in [0.1, 0.15) is 5.82 Å². The average molecular weight is 268 g/mol. The van der Waals surface area contributed by atoms with E-state index in [4.69, 9.17) is 5.73 Å². The van der Waals surface area contributed by atoms with Crippen LogP contribution in [0.2, 0.25) is 0 Å². The second-order valence-corrected chi connectivity index (χ2v) is 3.18. The maximum absolute atomic E-state index is 13.3. The van der Waals surface area contributed by atoms with E-state index in [0.717, 1.165) is 19.2 Å². The molecule has 1 aromatic rings. The lowest BCUT2D eigenvalue weighted by atomic mass is 10.0. The summed E-state index contributed by atoms with van der Waals surface area (Å²) < 4.78 is 30.6. The zero-order valence-electron chi connectivity index (χ0n) is 8.94. The highest BCUT2D eigenvalue weighted by molar-refractivity contribution is 5.85. The molecule has 1 rings (SSSR count). The predicted molar refractivity (Wildman–Crippen MR) is 58.8 cm³/mol. The van der Waals surface area contributed by atoms with Crippen molar-refractivity contribution >= 4 is 18.4 Å². The minimum Gasteiger partial charge on any atom is -0.505 e. The molecule has 0 fully saturated rings. The second-order valence-electron chi connectivity index (χ2n) is 3.18. The molecular formula is C10H12ClF2NO3. The molecule has 0 radical (unpaired) electrons. The number of carbonyl (C=O) groups excluding carboxylic acids is 1. The zero-order chi connectivity index (χ0) is 12.3. The Morgan fingerprint density at radius 1 is 1.47 bits per heavy atom. The monoisotopic (exact) mass is 267 g/mol. The number of methoxy groups -OCH3 is 1. The van der Waals surface area contributed by atoms with Crippen LogP contribution in [0.1, 0.15) is 18.0 Å². The fourth-order valence-corrected chi connectivity index (χ4v) is 1.27. The van der Waals surface area contributed by atoms with Gasteiger partial charge >= 0.3 is 5.97 Å². The third-order valence-electron chi connectivity index (χ3n) is 2.10. The standard InChI is InChI=1S/C10H11F2NO3.ClH/c1-16-8(14)4-7(13)9-5(11)2-3-6(12)10(9)15;/h2-3,7,15H,4,13H2,1H3;1H/t7-;/m0./s1. The SMILES string of the molecule is COC(=O)C[C@H](N)c1c(F)ccc(F)c1O.Cl. The van der Waals surface area contributed by atoms with Gasteiger partial charge in [-0.2, -0.15) is 0 Å². The van der Waals surface area contributed by atoms with Crippen molar-refractivity contribution in [2.24, 2.45) is 5.73 Å². The van der Waals surface area contributed by atoms with Crippen LogP contribution in [-0.4, -0.2) is 18.2 Å². The minimum atomic E-state index is -1.15. The third-order valence-corrected chi connectivity index (χ3v) is 2.10. The van der Waals surface area contributed by atoms with E-state index in [2.05, 4.69) is 4.74 Å².